The Balaban J connectivity index is 3.23. The summed E-state index contributed by atoms with van der Waals surface area (Å²) >= 11 is 0. The number of ether oxygens (including phenoxy) is 2. The normalized spacial score (nSPS) is 11.9. The average Bonchev–Trinajstić information content (AvgIpc) is 2.82. The molecule has 0 unspecified atom stereocenters. The van der Waals surface area contributed by atoms with Gasteiger partial charge in [0.2, 0.25) is 0 Å². The van der Waals surface area contributed by atoms with Crippen LogP contribution in [0.25, 0.3) is 0 Å². The number of hydrogen-bond acceptors (Lipinski definition) is 7. The molecular weight excluding hydrogens is 456 g/mol. The third-order valence-electron chi connectivity index (χ3n) is 5.74. The van der Waals surface area contributed by atoms with Crippen LogP contribution >= 0.6 is 0 Å². The fraction of sp³-hybridized carbons (Fsp3) is 1.00. The summed E-state index contributed by atoms with van der Waals surface area (Å²) in [6.45, 7) is 5.94. The van der Waals surface area contributed by atoms with Crippen LogP contribution in [0.1, 0.15) is 129 Å². The molecule has 0 aliphatic carbocycles. The van der Waals surface area contributed by atoms with Crippen LogP contribution in [0.4, 0.5) is 0 Å². The molecule has 0 saturated heterocycles. The van der Waals surface area contributed by atoms with E-state index in [1.165, 1.54) is 96.3 Å². The van der Waals surface area contributed by atoms with Crippen molar-refractivity contribution in [3.8, 4) is 0 Å². The van der Waals surface area contributed by atoms with Crippen LogP contribution in [0.5, 0.6) is 0 Å². The average molecular weight is 511 g/mol. The van der Waals surface area contributed by atoms with Crippen molar-refractivity contribution >= 4 is 10.4 Å². The second-order valence-electron chi connectivity index (χ2n) is 8.94. The first-order chi connectivity index (χ1) is 16.6. The fourth-order valence-electron chi connectivity index (χ4n) is 3.73. The Bertz CT molecular complexity index is 486. The molecule has 0 aromatic heterocycles. The Morgan fingerprint density at radius 3 is 1.35 bits per heavy atom. The lowest BCUT2D eigenvalue weighted by atomic mass is 10.0. The van der Waals surface area contributed by atoms with E-state index in [9.17, 15) is 8.42 Å². The Kier molecular flexibility index (Phi) is 27.1. The summed E-state index contributed by atoms with van der Waals surface area (Å²) in [5.41, 5.74) is 0. The zero-order chi connectivity index (χ0) is 25.0. The molecule has 0 aromatic rings. The Morgan fingerprint density at radius 2 is 0.882 bits per heavy atom. The highest BCUT2D eigenvalue weighted by atomic mass is 32.3. The fourth-order valence-corrected chi connectivity index (χ4v) is 4.23. The van der Waals surface area contributed by atoms with Crippen molar-refractivity contribution in [3.63, 3.8) is 0 Å². The van der Waals surface area contributed by atoms with Gasteiger partial charge in [0.15, 0.2) is 0 Å². The molecule has 0 fully saturated rings. The summed E-state index contributed by atoms with van der Waals surface area (Å²) in [5.74, 6) is 0. The van der Waals surface area contributed by atoms with Crippen LogP contribution in [-0.4, -0.2) is 48.1 Å². The standard InChI is InChI=1S/C26H54O7S/c1-3-5-6-7-8-9-10-11-12-13-14-15-16-17-18-19-20-21-22-31-33-34(27,28)32-26-25-30-24-23-29-4-2/h3-26H2,1-2H3. The van der Waals surface area contributed by atoms with Crippen LogP contribution in [0.3, 0.4) is 0 Å². The van der Waals surface area contributed by atoms with Gasteiger partial charge < -0.3 is 9.47 Å². The summed E-state index contributed by atoms with van der Waals surface area (Å²) in [6, 6.07) is 0. The van der Waals surface area contributed by atoms with Gasteiger partial charge in [0.05, 0.1) is 33.0 Å². The molecule has 0 radical (unpaired) electrons. The molecule has 0 amide bonds. The monoisotopic (exact) mass is 510 g/mol. The predicted octanol–water partition coefficient (Wildman–Crippen LogP) is 7.29. The van der Waals surface area contributed by atoms with Crippen molar-refractivity contribution in [2.75, 3.05) is 39.6 Å². The van der Waals surface area contributed by atoms with Gasteiger partial charge in [-0.15, -0.1) is 0 Å². The van der Waals surface area contributed by atoms with Gasteiger partial charge in [0.25, 0.3) is 0 Å². The van der Waals surface area contributed by atoms with E-state index in [-0.39, 0.29) is 19.8 Å². The zero-order valence-electron chi connectivity index (χ0n) is 22.2. The molecule has 0 saturated carbocycles. The van der Waals surface area contributed by atoms with E-state index in [0.29, 0.717) is 19.8 Å². The van der Waals surface area contributed by atoms with Crippen molar-refractivity contribution in [3.05, 3.63) is 0 Å². The first-order valence-corrected chi connectivity index (χ1v) is 15.3. The molecule has 206 valence electrons. The van der Waals surface area contributed by atoms with Gasteiger partial charge >= 0.3 is 10.4 Å². The lowest BCUT2D eigenvalue weighted by molar-refractivity contribution is -0.210. The lowest BCUT2D eigenvalue weighted by Crippen LogP contribution is -2.16. The lowest BCUT2D eigenvalue weighted by Gasteiger charge is -2.06. The van der Waals surface area contributed by atoms with E-state index in [0.717, 1.165) is 19.3 Å². The highest BCUT2D eigenvalue weighted by molar-refractivity contribution is 7.81. The molecule has 0 N–H and O–H groups in total. The predicted molar refractivity (Wildman–Crippen MR) is 138 cm³/mol. The van der Waals surface area contributed by atoms with Gasteiger partial charge in [-0.25, -0.2) is 9.07 Å². The molecule has 0 heterocycles. The maximum absolute atomic E-state index is 11.5. The molecule has 0 aliphatic heterocycles. The van der Waals surface area contributed by atoms with Crippen molar-refractivity contribution in [1.82, 2.24) is 0 Å². The van der Waals surface area contributed by atoms with Crippen LogP contribution in [-0.2, 0) is 33.3 Å². The highest BCUT2D eigenvalue weighted by Crippen LogP contribution is 2.14. The zero-order valence-corrected chi connectivity index (χ0v) is 23.1. The van der Waals surface area contributed by atoms with Crippen LogP contribution < -0.4 is 0 Å². The van der Waals surface area contributed by atoms with Gasteiger partial charge in [-0.05, 0) is 13.3 Å². The second kappa shape index (κ2) is 27.3. The summed E-state index contributed by atoms with van der Waals surface area (Å²) in [5, 5.41) is 0. The first kappa shape index (κ1) is 33.8. The van der Waals surface area contributed by atoms with E-state index >= 15 is 0 Å². The third kappa shape index (κ3) is 28.0. The van der Waals surface area contributed by atoms with Gasteiger partial charge in [-0.1, -0.05) is 120 Å². The Morgan fingerprint density at radius 1 is 0.471 bits per heavy atom. The molecule has 0 rings (SSSR count). The van der Waals surface area contributed by atoms with Gasteiger partial charge in [-0.3, -0.25) is 0 Å². The van der Waals surface area contributed by atoms with Gasteiger partial charge in [0, 0.05) is 6.61 Å². The van der Waals surface area contributed by atoms with Crippen molar-refractivity contribution in [2.24, 2.45) is 0 Å². The van der Waals surface area contributed by atoms with E-state index in [1.807, 2.05) is 6.92 Å². The van der Waals surface area contributed by atoms with Gasteiger partial charge in [-0.2, -0.15) is 8.42 Å². The Labute approximate surface area is 210 Å². The third-order valence-corrected chi connectivity index (χ3v) is 6.46. The molecule has 0 aromatic carbocycles. The molecule has 0 aliphatic rings. The minimum absolute atomic E-state index is 0.114. The van der Waals surface area contributed by atoms with Crippen molar-refractivity contribution < 1.29 is 31.3 Å². The minimum atomic E-state index is -4.14. The summed E-state index contributed by atoms with van der Waals surface area (Å²) < 4.78 is 42.3. The molecule has 34 heavy (non-hydrogen) atoms. The number of hydrogen-bond donors (Lipinski definition) is 0. The van der Waals surface area contributed by atoms with E-state index in [2.05, 4.69) is 15.4 Å². The van der Waals surface area contributed by atoms with Crippen molar-refractivity contribution in [1.29, 1.82) is 0 Å². The number of rotatable bonds is 29. The molecule has 0 spiro atoms. The largest absolute Gasteiger partial charge is 0.426 e. The molecule has 0 atom stereocenters. The molecule has 0 bridgehead atoms. The Hall–Kier alpha value is -0.250. The maximum atomic E-state index is 11.5. The first-order valence-electron chi connectivity index (χ1n) is 14.0. The minimum Gasteiger partial charge on any atom is -0.379 e. The smallest absolute Gasteiger partial charge is 0.379 e. The number of unbranched alkanes of at least 4 members (excludes halogenated alkanes) is 17. The van der Waals surface area contributed by atoms with Crippen LogP contribution in [0, 0.1) is 0 Å². The summed E-state index contributed by atoms with van der Waals surface area (Å²) in [7, 11) is -4.14. The second-order valence-corrected chi connectivity index (χ2v) is 10.1. The van der Waals surface area contributed by atoms with E-state index in [4.69, 9.17) is 14.4 Å². The van der Waals surface area contributed by atoms with E-state index < -0.39 is 10.4 Å². The van der Waals surface area contributed by atoms with Crippen molar-refractivity contribution in [2.45, 2.75) is 129 Å². The van der Waals surface area contributed by atoms with Gasteiger partial charge in [0.1, 0.15) is 0 Å². The highest BCUT2D eigenvalue weighted by Gasteiger charge is 2.13. The quantitative estimate of drug-likeness (QED) is 0.0593. The summed E-state index contributed by atoms with van der Waals surface area (Å²) in [4.78, 5) is 4.76. The van der Waals surface area contributed by atoms with Crippen LogP contribution in [0.15, 0.2) is 0 Å². The molecule has 7 nitrogen and oxygen atoms in total. The SMILES string of the molecule is CCCCCCCCCCCCCCCCCCCCOOS(=O)(=O)OCCOCCOCC. The van der Waals surface area contributed by atoms with E-state index in [1.54, 1.807) is 0 Å². The molecular formula is C26H54O7S. The topological polar surface area (TPSA) is 80.3 Å². The maximum Gasteiger partial charge on any atom is 0.426 e. The summed E-state index contributed by atoms with van der Waals surface area (Å²) in [6.07, 6.45) is 23.5. The van der Waals surface area contributed by atoms with Crippen LogP contribution in [0.2, 0.25) is 0 Å². The molecule has 8 heteroatoms.